The van der Waals surface area contributed by atoms with Gasteiger partial charge in [0.05, 0.1) is 6.61 Å². The van der Waals surface area contributed by atoms with Crippen molar-refractivity contribution in [2.24, 2.45) is 4.99 Å². The predicted molar refractivity (Wildman–Crippen MR) is 78.6 cm³/mol. The summed E-state index contributed by atoms with van der Waals surface area (Å²) in [5.74, 6) is 1.31. The Balaban J connectivity index is 2.43. The molecule has 1 atom stereocenters. The second kappa shape index (κ2) is 8.94. The molecule has 2 N–H and O–H groups in total. The topological polar surface area (TPSA) is 45.7 Å². The van der Waals surface area contributed by atoms with Crippen molar-refractivity contribution in [3.05, 3.63) is 22.4 Å². The highest BCUT2D eigenvalue weighted by Crippen LogP contribution is 2.18. The number of aliphatic imine (C=N–C) groups is 1. The summed E-state index contributed by atoms with van der Waals surface area (Å²) in [5.41, 5.74) is 1.36. The molecule has 1 aromatic heterocycles. The molecule has 0 radical (unpaired) electrons. The van der Waals surface area contributed by atoms with Gasteiger partial charge in [0.25, 0.3) is 0 Å². The molecule has 0 saturated carbocycles. The van der Waals surface area contributed by atoms with Crippen LogP contribution < -0.4 is 10.6 Å². The van der Waals surface area contributed by atoms with Gasteiger partial charge in [0, 0.05) is 32.7 Å². The summed E-state index contributed by atoms with van der Waals surface area (Å²) in [4.78, 5) is 4.58. The maximum atomic E-state index is 5.01. The van der Waals surface area contributed by atoms with Gasteiger partial charge in [-0.25, -0.2) is 0 Å². The van der Waals surface area contributed by atoms with Gasteiger partial charge in [0.15, 0.2) is 5.96 Å². The van der Waals surface area contributed by atoms with Crippen molar-refractivity contribution < 1.29 is 4.74 Å². The van der Waals surface area contributed by atoms with Crippen molar-refractivity contribution in [2.75, 3.05) is 33.4 Å². The van der Waals surface area contributed by atoms with Gasteiger partial charge in [0.1, 0.15) is 0 Å². The van der Waals surface area contributed by atoms with E-state index in [0.717, 1.165) is 25.6 Å². The molecule has 1 aromatic rings. The molecular weight excluding hydrogens is 246 g/mol. The number of ether oxygens (including phenoxy) is 1. The van der Waals surface area contributed by atoms with Crippen molar-refractivity contribution in [1.29, 1.82) is 0 Å². The van der Waals surface area contributed by atoms with Crippen LogP contribution in [0.2, 0.25) is 0 Å². The minimum Gasteiger partial charge on any atom is -0.383 e. The number of nitrogens with one attached hydrogen (secondary N) is 2. The largest absolute Gasteiger partial charge is 0.383 e. The van der Waals surface area contributed by atoms with Crippen LogP contribution in [0.1, 0.15) is 25.3 Å². The smallest absolute Gasteiger partial charge is 0.191 e. The zero-order valence-electron chi connectivity index (χ0n) is 11.4. The SMILES string of the molecule is CCNC(=NCC(C)c1ccsc1)NCCOC. The molecule has 0 saturated heterocycles. The highest BCUT2D eigenvalue weighted by molar-refractivity contribution is 7.07. The van der Waals surface area contributed by atoms with E-state index < -0.39 is 0 Å². The Morgan fingerprint density at radius 3 is 2.94 bits per heavy atom. The average Bonchev–Trinajstić information content (AvgIpc) is 2.89. The van der Waals surface area contributed by atoms with Gasteiger partial charge in [0.2, 0.25) is 0 Å². The molecule has 0 aliphatic heterocycles. The molecule has 1 unspecified atom stereocenters. The Kier molecular flexibility index (Phi) is 7.44. The van der Waals surface area contributed by atoms with E-state index in [4.69, 9.17) is 4.74 Å². The minimum absolute atomic E-state index is 0.453. The lowest BCUT2D eigenvalue weighted by Gasteiger charge is -2.12. The number of hydrogen-bond donors (Lipinski definition) is 2. The number of thiophene rings is 1. The Morgan fingerprint density at radius 1 is 1.50 bits per heavy atom. The first-order valence-electron chi connectivity index (χ1n) is 6.31. The van der Waals surface area contributed by atoms with Crippen molar-refractivity contribution >= 4 is 17.3 Å². The van der Waals surface area contributed by atoms with Crippen molar-refractivity contribution in [3.8, 4) is 0 Å². The molecule has 1 rings (SSSR count). The third-order valence-electron chi connectivity index (χ3n) is 2.58. The third kappa shape index (κ3) is 5.51. The number of rotatable bonds is 7. The maximum absolute atomic E-state index is 5.01. The third-order valence-corrected chi connectivity index (χ3v) is 3.28. The first kappa shape index (κ1) is 15.0. The zero-order valence-corrected chi connectivity index (χ0v) is 12.2. The lowest BCUT2D eigenvalue weighted by Crippen LogP contribution is -2.39. The number of guanidine groups is 1. The van der Waals surface area contributed by atoms with Gasteiger partial charge >= 0.3 is 0 Å². The predicted octanol–water partition coefficient (Wildman–Crippen LogP) is 2.05. The number of hydrogen-bond acceptors (Lipinski definition) is 3. The van der Waals surface area contributed by atoms with Gasteiger partial charge in [-0.15, -0.1) is 0 Å². The van der Waals surface area contributed by atoms with E-state index in [1.807, 2.05) is 0 Å². The molecule has 1 heterocycles. The Hall–Kier alpha value is -1.07. The van der Waals surface area contributed by atoms with E-state index in [-0.39, 0.29) is 0 Å². The van der Waals surface area contributed by atoms with Gasteiger partial charge < -0.3 is 15.4 Å². The maximum Gasteiger partial charge on any atom is 0.191 e. The first-order valence-corrected chi connectivity index (χ1v) is 7.25. The summed E-state index contributed by atoms with van der Waals surface area (Å²) in [5, 5.41) is 10.8. The van der Waals surface area contributed by atoms with Crippen LogP contribution in [0.5, 0.6) is 0 Å². The molecular formula is C13H23N3OS. The second-order valence-corrected chi connectivity index (χ2v) is 4.88. The van der Waals surface area contributed by atoms with Gasteiger partial charge in [-0.3, -0.25) is 4.99 Å². The van der Waals surface area contributed by atoms with Crippen LogP contribution in [0.3, 0.4) is 0 Å². The van der Waals surface area contributed by atoms with E-state index in [1.165, 1.54) is 5.56 Å². The van der Waals surface area contributed by atoms with Gasteiger partial charge in [-0.05, 0) is 29.3 Å². The van der Waals surface area contributed by atoms with Crippen molar-refractivity contribution in [3.63, 3.8) is 0 Å². The Labute approximate surface area is 113 Å². The highest BCUT2D eigenvalue weighted by Gasteiger charge is 2.05. The molecule has 0 bridgehead atoms. The first-order chi connectivity index (χ1) is 8.77. The fourth-order valence-corrected chi connectivity index (χ4v) is 2.28. The molecule has 0 aromatic carbocycles. The summed E-state index contributed by atoms with van der Waals surface area (Å²) < 4.78 is 5.01. The van der Waals surface area contributed by atoms with Crippen LogP contribution in [-0.2, 0) is 4.74 Å². The summed E-state index contributed by atoms with van der Waals surface area (Å²) in [6.07, 6.45) is 0. The fraction of sp³-hybridized carbons (Fsp3) is 0.615. The van der Waals surface area contributed by atoms with Crippen LogP contribution in [-0.4, -0.2) is 39.3 Å². The van der Waals surface area contributed by atoms with Crippen LogP contribution in [0.4, 0.5) is 0 Å². The molecule has 0 aliphatic carbocycles. The van der Waals surface area contributed by atoms with E-state index >= 15 is 0 Å². The lowest BCUT2D eigenvalue weighted by atomic mass is 10.1. The standard InChI is InChI=1S/C13H23N3OS/c1-4-14-13(15-6-7-17-3)16-9-11(2)12-5-8-18-10-12/h5,8,10-11H,4,6-7,9H2,1-3H3,(H2,14,15,16). The quantitative estimate of drug-likeness (QED) is 0.452. The molecule has 5 heteroatoms. The molecule has 18 heavy (non-hydrogen) atoms. The van der Waals surface area contributed by atoms with Crippen molar-refractivity contribution in [1.82, 2.24) is 10.6 Å². The van der Waals surface area contributed by atoms with E-state index in [9.17, 15) is 0 Å². The van der Waals surface area contributed by atoms with Crippen molar-refractivity contribution in [2.45, 2.75) is 19.8 Å². The normalized spacial score (nSPS) is 13.4. The Morgan fingerprint density at radius 2 is 2.33 bits per heavy atom. The molecule has 0 amide bonds. The molecule has 0 aliphatic rings. The Bertz CT molecular complexity index is 338. The van der Waals surface area contributed by atoms with E-state index in [1.54, 1.807) is 18.4 Å². The number of methoxy groups -OCH3 is 1. The summed E-state index contributed by atoms with van der Waals surface area (Å²) in [6, 6.07) is 2.16. The van der Waals surface area contributed by atoms with E-state index in [2.05, 4.69) is 46.3 Å². The van der Waals surface area contributed by atoms with Gasteiger partial charge in [-0.2, -0.15) is 11.3 Å². The van der Waals surface area contributed by atoms with Crippen LogP contribution >= 0.6 is 11.3 Å². The zero-order chi connectivity index (χ0) is 13.2. The van der Waals surface area contributed by atoms with Gasteiger partial charge in [-0.1, -0.05) is 6.92 Å². The van der Waals surface area contributed by atoms with Crippen LogP contribution in [0, 0.1) is 0 Å². The number of nitrogens with zero attached hydrogens (tertiary/aromatic N) is 1. The second-order valence-electron chi connectivity index (χ2n) is 4.10. The monoisotopic (exact) mass is 269 g/mol. The summed E-state index contributed by atoms with van der Waals surface area (Å²) in [6.45, 7) is 7.38. The molecule has 102 valence electrons. The average molecular weight is 269 g/mol. The van der Waals surface area contributed by atoms with Crippen LogP contribution in [0.25, 0.3) is 0 Å². The molecule has 0 fully saturated rings. The molecule has 4 nitrogen and oxygen atoms in total. The van der Waals surface area contributed by atoms with E-state index in [0.29, 0.717) is 12.5 Å². The molecule has 0 spiro atoms. The summed E-state index contributed by atoms with van der Waals surface area (Å²) >= 11 is 1.73. The summed E-state index contributed by atoms with van der Waals surface area (Å²) in [7, 11) is 1.70. The minimum atomic E-state index is 0.453. The highest BCUT2D eigenvalue weighted by atomic mass is 32.1. The lowest BCUT2D eigenvalue weighted by molar-refractivity contribution is 0.203. The van der Waals surface area contributed by atoms with Crippen LogP contribution in [0.15, 0.2) is 21.8 Å². The fourth-order valence-electron chi connectivity index (χ4n) is 1.50.